The van der Waals surface area contributed by atoms with E-state index in [2.05, 4.69) is 4.98 Å². The maximum absolute atomic E-state index is 13.0. The number of H-pyrrole nitrogens is 1. The Morgan fingerprint density at radius 3 is 2.47 bits per heavy atom. The van der Waals surface area contributed by atoms with Crippen LogP contribution in [0.25, 0.3) is 10.9 Å². The number of anilines is 1. The Kier molecular flexibility index (Phi) is 5.82. The molecule has 1 aliphatic rings. The van der Waals surface area contributed by atoms with Crippen LogP contribution in [-0.4, -0.2) is 66.4 Å². The number of carbonyl (C=O) groups excluding carboxylic acids is 2. The van der Waals surface area contributed by atoms with Gasteiger partial charge in [0.25, 0.3) is 5.91 Å². The van der Waals surface area contributed by atoms with E-state index in [1.165, 1.54) is 11.0 Å². The third-order valence-electron chi connectivity index (χ3n) is 5.71. The molecule has 1 N–H and O–H groups in total. The van der Waals surface area contributed by atoms with Crippen molar-refractivity contribution in [2.45, 2.75) is 6.18 Å². The fourth-order valence-corrected chi connectivity index (χ4v) is 3.92. The standard InChI is InChI=1S/C23H23F3N4O2/c1-28(22(32)19-14-27-20-8-3-2-7-18(19)20)15-21(31)30-11-9-29(10-12-30)17-6-4-5-16(13-17)23(24,25)26/h2-8,13-14,27H,9-12,15H2,1H3. The van der Waals surface area contributed by atoms with E-state index in [1.54, 1.807) is 24.2 Å². The van der Waals surface area contributed by atoms with Crippen molar-refractivity contribution < 1.29 is 22.8 Å². The largest absolute Gasteiger partial charge is 0.416 e. The van der Waals surface area contributed by atoms with Gasteiger partial charge >= 0.3 is 6.18 Å². The predicted molar refractivity (Wildman–Crippen MR) is 115 cm³/mol. The third kappa shape index (κ3) is 4.42. The van der Waals surface area contributed by atoms with E-state index in [1.807, 2.05) is 29.2 Å². The molecule has 2 aromatic carbocycles. The molecule has 2 heterocycles. The van der Waals surface area contributed by atoms with Crippen molar-refractivity contribution >= 4 is 28.4 Å². The fraction of sp³-hybridized carbons (Fsp3) is 0.304. The zero-order chi connectivity index (χ0) is 22.9. The number of aromatic amines is 1. The first kappa shape index (κ1) is 21.7. The van der Waals surface area contributed by atoms with Gasteiger partial charge in [-0.3, -0.25) is 9.59 Å². The Balaban J connectivity index is 1.35. The molecule has 1 aromatic heterocycles. The number of hydrogen-bond acceptors (Lipinski definition) is 3. The molecule has 168 valence electrons. The number of benzene rings is 2. The van der Waals surface area contributed by atoms with Gasteiger partial charge in [-0.05, 0) is 24.3 Å². The first-order chi connectivity index (χ1) is 15.2. The minimum Gasteiger partial charge on any atom is -0.368 e. The highest BCUT2D eigenvalue weighted by Crippen LogP contribution is 2.32. The van der Waals surface area contributed by atoms with E-state index in [0.29, 0.717) is 37.4 Å². The lowest BCUT2D eigenvalue weighted by molar-refractivity contribution is -0.137. The van der Waals surface area contributed by atoms with Crippen molar-refractivity contribution in [3.63, 3.8) is 0 Å². The molecule has 0 radical (unpaired) electrons. The normalized spacial score (nSPS) is 14.6. The highest BCUT2D eigenvalue weighted by atomic mass is 19.4. The summed E-state index contributed by atoms with van der Waals surface area (Å²) in [5.41, 5.74) is 1.15. The summed E-state index contributed by atoms with van der Waals surface area (Å²) in [6, 6.07) is 12.7. The molecule has 0 bridgehead atoms. The van der Waals surface area contributed by atoms with Crippen molar-refractivity contribution in [1.82, 2.24) is 14.8 Å². The van der Waals surface area contributed by atoms with Crippen LogP contribution in [0.2, 0.25) is 0 Å². The molecular weight excluding hydrogens is 421 g/mol. The molecule has 1 fully saturated rings. The van der Waals surface area contributed by atoms with Crippen LogP contribution >= 0.6 is 0 Å². The van der Waals surface area contributed by atoms with Crippen molar-refractivity contribution in [3.05, 3.63) is 65.9 Å². The van der Waals surface area contributed by atoms with Gasteiger partial charge in [0.05, 0.1) is 17.7 Å². The first-order valence-corrected chi connectivity index (χ1v) is 10.3. The number of nitrogens with one attached hydrogen (secondary N) is 1. The molecule has 0 spiro atoms. The van der Waals surface area contributed by atoms with Gasteiger partial charge in [0.2, 0.25) is 5.91 Å². The van der Waals surface area contributed by atoms with Gasteiger partial charge in [0, 0.05) is 56.0 Å². The molecule has 6 nitrogen and oxygen atoms in total. The Bertz CT molecular complexity index is 1130. The molecule has 0 saturated carbocycles. The van der Waals surface area contributed by atoms with Crippen molar-refractivity contribution in [1.29, 1.82) is 0 Å². The van der Waals surface area contributed by atoms with Crippen molar-refractivity contribution in [3.8, 4) is 0 Å². The smallest absolute Gasteiger partial charge is 0.368 e. The van der Waals surface area contributed by atoms with Crippen LogP contribution in [0.3, 0.4) is 0 Å². The lowest BCUT2D eigenvalue weighted by Gasteiger charge is -2.37. The maximum Gasteiger partial charge on any atom is 0.416 e. The van der Waals surface area contributed by atoms with Gasteiger partial charge in [-0.1, -0.05) is 24.3 Å². The number of carbonyl (C=O) groups is 2. The minimum atomic E-state index is -4.39. The zero-order valence-corrected chi connectivity index (χ0v) is 17.5. The predicted octanol–water partition coefficient (Wildman–Crippen LogP) is 3.61. The van der Waals surface area contributed by atoms with E-state index in [9.17, 15) is 22.8 Å². The number of rotatable bonds is 4. The van der Waals surface area contributed by atoms with Crippen LogP contribution in [0.1, 0.15) is 15.9 Å². The highest BCUT2D eigenvalue weighted by Gasteiger charge is 2.31. The lowest BCUT2D eigenvalue weighted by atomic mass is 10.1. The quantitative estimate of drug-likeness (QED) is 0.669. The Labute approximate surface area is 183 Å². The topological polar surface area (TPSA) is 59.7 Å². The summed E-state index contributed by atoms with van der Waals surface area (Å²) >= 11 is 0. The van der Waals surface area contributed by atoms with Crippen LogP contribution in [0.5, 0.6) is 0 Å². The van der Waals surface area contributed by atoms with Gasteiger partial charge in [0.1, 0.15) is 0 Å². The van der Waals surface area contributed by atoms with E-state index >= 15 is 0 Å². The molecule has 1 saturated heterocycles. The van der Waals surface area contributed by atoms with E-state index < -0.39 is 11.7 Å². The number of para-hydroxylation sites is 1. The van der Waals surface area contributed by atoms with E-state index in [-0.39, 0.29) is 18.4 Å². The Morgan fingerprint density at radius 1 is 1.03 bits per heavy atom. The van der Waals surface area contributed by atoms with Gasteiger partial charge < -0.3 is 19.7 Å². The second-order valence-corrected chi connectivity index (χ2v) is 7.83. The average Bonchev–Trinajstić information content (AvgIpc) is 3.22. The number of aromatic nitrogens is 1. The highest BCUT2D eigenvalue weighted by molar-refractivity contribution is 6.07. The van der Waals surface area contributed by atoms with Crippen LogP contribution in [-0.2, 0) is 11.0 Å². The SMILES string of the molecule is CN(CC(=O)N1CCN(c2cccc(C(F)(F)F)c2)CC1)C(=O)c1c[nH]c2ccccc12. The molecule has 2 amide bonds. The number of fused-ring (bicyclic) bond motifs is 1. The molecule has 0 aliphatic carbocycles. The zero-order valence-electron chi connectivity index (χ0n) is 17.5. The van der Waals surface area contributed by atoms with E-state index in [4.69, 9.17) is 0 Å². The van der Waals surface area contributed by atoms with Gasteiger partial charge in [-0.2, -0.15) is 13.2 Å². The second-order valence-electron chi connectivity index (χ2n) is 7.83. The monoisotopic (exact) mass is 444 g/mol. The van der Waals surface area contributed by atoms with Gasteiger partial charge in [-0.15, -0.1) is 0 Å². The summed E-state index contributed by atoms with van der Waals surface area (Å²) in [4.78, 5) is 33.5. The van der Waals surface area contributed by atoms with Crippen LogP contribution in [0, 0.1) is 0 Å². The summed E-state index contributed by atoms with van der Waals surface area (Å²) in [7, 11) is 1.58. The molecule has 0 atom stereocenters. The molecule has 3 aromatic rings. The number of nitrogens with zero attached hydrogens (tertiary/aromatic N) is 3. The summed E-state index contributed by atoms with van der Waals surface area (Å²) in [6.07, 6.45) is -2.75. The maximum atomic E-state index is 13.0. The fourth-order valence-electron chi connectivity index (χ4n) is 3.92. The Morgan fingerprint density at radius 2 is 1.75 bits per heavy atom. The molecule has 0 unspecified atom stereocenters. The van der Waals surface area contributed by atoms with E-state index in [0.717, 1.165) is 23.0 Å². The summed E-state index contributed by atoms with van der Waals surface area (Å²) in [5.74, 6) is -0.442. The van der Waals surface area contributed by atoms with Crippen LogP contribution in [0.15, 0.2) is 54.7 Å². The molecule has 4 rings (SSSR count). The molecule has 1 aliphatic heterocycles. The molecule has 9 heteroatoms. The van der Waals surface area contributed by atoms with Crippen LogP contribution < -0.4 is 4.90 Å². The average molecular weight is 444 g/mol. The number of likely N-dealkylation sites (N-methyl/N-ethyl adjacent to an activating group) is 1. The summed E-state index contributed by atoms with van der Waals surface area (Å²) in [5, 5.41) is 0.798. The number of halogens is 3. The number of amides is 2. The second kappa shape index (κ2) is 8.57. The number of piperazine rings is 1. The number of hydrogen-bond donors (Lipinski definition) is 1. The third-order valence-corrected chi connectivity index (χ3v) is 5.71. The Hall–Kier alpha value is -3.49. The van der Waals surface area contributed by atoms with Crippen molar-refractivity contribution in [2.75, 3.05) is 44.7 Å². The molecular formula is C23H23F3N4O2. The minimum absolute atomic E-state index is 0.0676. The van der Waals surface area contributed by atoms with Gasteiger partial charge in [-0.25, -0.2) is 0 Å². The molecule has 32 heavy (non-hydrogen) atoms. The van der Waals surface area contributed by atoms with Crippen molar-refractivity contribution in [2.24, 2.45) is 0 Å². The first-order valence-electron chi connectivity index (χ1n) is 10.3. The summed E-state index contributed by atoms with van der Waals surface area (Å²) in [6.45, 7) is 1.54. The lowest BCUT2D eigenvalue weighted by Crippen LogP contribution is -2.51. The van der Waals surface area contributed by atoms with Crippen LogP contribution in [0.4, 0.5) is 18.9 Å². The van der Waals surface area contributed by atoms with Gasteiger partial charge in [0.15, 0.2) is 0 Å². The number of alkyl halides is 3. The summed E-state index contributed by atoms with van der Waals surface area (Å²) < 4.78 is 38.9.